The molecule has 1 aliphatic heterocycles. The quantitative estimate of drug-likeness (QED) is 0.429. The van der Waals surface area contributed by atoms with Crippen LogP contribution < -0.4 is 4.74 Å². The zero-order valence-electron chi connectivity index (χ0n) is 16.4. The molecule has 0 amide bonds. The highest BCUT2D eigenvalue weighted by atomic mass is 16.5. The summed E-state index contributed by atoms with van der Waals surface area (Å²) < 4.78 is 17.1. The van der Waals surface area contributed by atoms with E-state index in [1.165, 1.54) is 0 Å². The average molecular weight is 397 g/mol. The van der Waals surface area contributed by atoms with Crippen LogP contribution in [0.1, 0.15) is 29.4 Å². The Labute approximate surface area is 173 Å². The summed E-state index contributed by atoms with van der Waals surface area (Å²) in [6, 6.07) is 24.9. The van der Waals surface area contributed by atoms with Crippen molar-refractivity contribution in [1.82, 2.24) is 4.98 Å². The second kappa shape index (κ2) is 7.52. The number of para-hydroxylation sites is 2. The Morgan fingerprint density at radius 3 is 2.40 bits per heavy atom. The van der Waals surface area contributed by atoms with Gasteiger partial charge in [-0.2, -0.15) is 0 Å². The van der Waals surface area contributed by atoms with Gasteiger partial charge in [0.15, 0.2) is 5.58 Å². The van der Waals surface area contributed by atoms with E-state index in [1.54, 1.807) is 7.11 Å². The summed E-state index contributed by atoms with van der Waals surface area (Å²) in [5.41, 5.74) is 4.00. The lowest BCUT2D eigenvalue weighted by molar-refractivity contribution is -0.137. The molecule has 0 aliphatic carbocycles. The van der Waals surface area contributed by atoms with E-state index in [4.69, 9.17) is 18.9 Å². The molecule has 2 heterocycles. The Morgan fingerprint density at radius 2 is 1.67 bits per heavy atom. The van der Waals surface area contributed by atoms with Crippen molar-refractivity contribution in [1.29, 1.82) is 0 Å². The largest absolute Gasteiger partial charge is 0.497 e. The molecule has 0 bridgehead atoms. The van der Waals surface area contributed by atoms with Gasteiger partial charge in [-0.15, -0.1) is 0 Å². The third kappa shape index (κ3) is 3.24. The molecule has 0 N–H and O–H groups in total. The molecule has 4 aromatic rings. The second-order valence-corrected chi connectivity index (χ2v) is 7.10. The van der Waals surface area contributed by atoms with Gasteiger partial charge >= 0.3 is 5.97 Å². The lowest BCUT2D eigenvalue weighted by Gasteiger charge is -2.26. The third-order valence-corrected chi connectivity index (χ3v) is 5.26. The number of fused-ring (bicyclic) bond motifs is 1. The van der Waals surface area contributed by atoms with Crippen molar-refractivity contribution in [2.24, 2.45) is 0 Å². The zero-order chi connectivity index (χ0) is 20.5. The van der Waals surface area contributed by atoms with Crippen molar-refractivity contribution in [3.8, 4) is 5.75 Å². The predicted octanol–water partition coefficient (Wildman–Crippen LogP) is 5.44. The minimum Gasteiger partial charge on any atom is -0.497 e. The maximum absolute atomic E-state index is 12.6. The Balaban J connectivity index is 1.74. The molecule has 1 aliphatic rings. The molecule has 5 heteroatoms. The van der Waals surface area contributed by atoms with Crippen LogP contribution in [0.15, 0.2) is 83.3 Å². The van der Waals surface area contributed by atoms with Gasteiger partial charge in [-0.3, -0.25) is 4.79 Å². The first-order valence-corrected chi connectivity index (χ1v) is 9.73. The average Bonchev–Trinajstić information content (AvgIpc) is 3.23. The number of hydrogen-bond donors (Lipinski definition) is 0. The highest BCUT2D eigenvalue weighted by Crippen LogP contribution is 2.44. The van der Waals surface area contributed by atoms with Crippen molar-refractivity contribution in [3.63, 3.8) is 0 Å². The molecule has 30 heavy (non-hydrogen) atoms. The minimum atomic E-state index is -0.283. The first kappa shape index (κ1) is 18.2. The first-order valence-electron chi connectivity index (χ1n) is 9.73. The molecule has 1 unspecified atom stereocenters. The van der Waals surface area contributed by atoms with Gasteiger partial charge in [-0.25, -0.2) is 4.98 Å². The maximum atomic E-state index is 12.6. The molecule has 0 fully saturated rings. The zero-order valence-corrected chi connectivity index (χ0v) is 16.4. The van der Waals surface area contributed by atoms with Gasteiger partial charge in [0.1, 0.15) is 17.0 Å². The lowest BCUT2D eigenvalue weighted by atomic mass is 9.84. The molecule has 0 spiro atoms. The number of aromatic nitrogens is 1. The van der Waals surface area contributed by atoms with Crippen LogP contribution in [0.2, 0.25) is 0 Å². The second-order valence-electron chi connectivity index (χ2n) is 7.10. The summed E-state index contributed by atoms with van der Waals surface area (Å²) in [6.45, 7) is 0. The fourth-order valence-electron chi connectivity index (χ4n) is 3.80. The number of allylic oxidation sites excluding steroid dienone is 1. The minimum absolute atomic E-state index is 0.205. The number of ether oxygens (including phenoxy) is 2. The van der Waals surface area contributed by atoms with E-state index < -0.39 is 0 Å². The van der Waals surface area contributed by atoms with Crippen LogP contribution in [-0.4, -0.2) is 18.1 Å². The predicted molar refractivity (Wildman–Crippen MR) is 114 cm³/mol. The van der Waals surface area contributed by atoms with Gasteiger partial charge in [0.05, 0.1) is 19.1 Å². The van der Waals surface area contributed by atoms with Crippen molar-refractivity contribution in [2.75, 3.05) is 7.11 Å². The Kier molecular flexibility index (Phi) is 4.56. The number of oxazole rings is 1. The molecule has 1 atom stereocenters. The standard InChI is InChI=1S/C25H19NO4/c1-28-18-13-11-16(12-14-18)19-15-22(27)30-24(17-7-3-2-4-8-17)23(19)25-26-20-9-5-6-10-21(20)29-25/h2-14,19H,15H2,1H3. The monoisotopic (exact) mass is 397 g/mol. The smallest absolute Gasteiger partial charge is 0.312 e. The van der Waals surface area contributed by atoms with E-state index in [2.05, 4.69) is 0 Å². The molecule has 1 aromatic heterocycles. The molecule has 5 nitrogen and oxygen atoms in total. The van der Waals surface area contributed by atoms with Gasteiger partial charge in [0.2, 0.25) is 5.89 Å². The van der Waals surface area contributed by atoms with Crippen LogP contribution in [0.3, 0.4) is 0 Å². The number of carbonyl (C=O) groups is 1. The van der Waals surface area contributed by atoms with Crippen LogP contribution in [0.4, 0.5) is 0 Å². The van der Waals surface area contributed by atoms with Crippen molar-refractivity contribution in [2.45, 2.75) is 12.3 Å². The molecular formula is C25H19NO4. The van der Waals surface area contributed by atoms with Crippen LogP contribution in [-0.2, 0) is 9.53 Å². The van der Waals surface area contributed by atoms with Crippen LogP contribution in [0.25, 0.3) is 22.4 Å². The molecule has 5 rings (SSSR count). The summed E-state index contributed by atoms with van der Waals surface area (Å²) >= 11 is 0. The highest BCUT2D eigenvalue weighted by molar-refractivity contribution is 5.98. The van der Waals surface area contributed by atoms with Crippen LogP contribution in [0.5, 0.6) is 5.75 Å². The number of nitrogens with zero attached hydrogens (tertiary/aromatic N) is 1. The van der Waals surface area contributed by atoms with E-state index in [-0.39, 0.29) is 18.3 Å². The summed E-state index contributed by atoms with van der Waals surface area (Å²) in [7, 11) is 1.63. The number of carbonyl (C=O) groups excluding carboxylic acids is 1. The van der Waals surface area contributed by atoms with Crippen molar-refractivity contribution >= 4 is 28.4 Å². The Bertz CT molecular complexity index is 1210. The van der Waals surface area contributed by atoms with Gasteiger partial charge in [0.25, 0.3) is 0 Å². The highest BCUT2D eigenvalue weighted by Gasteiger charge is 2.35. The van der Waals surface area contributed by atoms with E-state index in [0.29, 0.717) is 17.2 Å². The molecule has 148 valence electrons. The topological polar surface area (TPSA) is 61.6 Å². The number of benzene rings is 3. The van der Waals surface area contributed by atoms with E-state index in [0.717, 1.165) is 28.0 Å². The molecular weight excluding hydrogens is 378 g/mol. The SMILES string of the molecule is COc1ccc(C2CC(=O)OC(c3ccccc3)=C2c2nc3ccccc3o2)cc1. The van der Waals surface area contributed by atoms with Crippen LogP contribution in [0, 0.1) is 0 Å². The summed E-state index contributed by atoms with van der Waals surface area (Å²) in [6.07, 6.45) is 0.205. The number of methoxy groups -OCH3 is 1. The Hall–Kier alpha value is -3.86. The molecule has 0 saturated heterocycles. The normalized spacial score (nSPS) is 16.6. The fraction of sp³-hybridized carbons (Fsp3) is 0.120. The third-order valence-electron chi connectivity index (χ3n) is 5.26. The molecule has 3 aromatic carbocycles. The first-order chi connectivity index (χ1) is 14.7. The van der Waals surface area contributed by atoms with Crippen LogP contribution >= 0.6 is 0 Å². The number of cyclic esters (lactones) is 1. The maximum Gasteiger partial charge on any atom is 0.312 e. The van der Waals surface area contributed by atoms with Crippen molar-refractivity contribution < 1.29 is 18.7 Å². The number of esters is 1. The Morgan fingerprint density at radius 1 is 0.933 bits per heavy atom. The van der Waals surface area contributed by atoms with Gasteiger partial charge in [-0.1, -0.05) is 54.6 Å². The van der Waals surface area contributed by atoms with E-state index in [9.17, 15) is 4.79 Å². The molecule has 0 saturated carbocycles. The van der Waals surface area contributed by atoms with Gasteiger partial charge < -0.3 is 13.9 Å². The lowest BCUT2D eigenvalue weighted by Crippen LogP contribution is -2.19. The summed E-state index contributed by atoms with van der Waals surface area (Å²) in [5.74, 6) is 1.17. The van der Waals surface area contributed by atoms with Gasteiger partial charge in [-0.05, 0) is 29.8 Å². The summed E-state index contributed by atoms with van der Waals surface area (Å²) in [5, 5.41) is 0. The number of rotatable bonds is 4. The van der Waals surface area contributed by atoms with Gasteiger partial charge in [0, 0.05) is 11.5 Å². The fourth-order valence-corrected chi connectivity index (χ4v) is 3.80. The van der Waals surface area contributed by atoms with E-state index in [1.807, 2.05) is 78.9 Å². The van der Waals surface area contributed by atoms with Crippen molar-refractivity contribution in [3.05, 3.63) is 95.9 Å². The number of hydrogen-bond acceptors (Lipinski definition) is 5. The molecule has 0 radical (unpaired) electrons. The van der Waals surface area contributed by atoms with E-state index >= 15 is 0 Å². The summed E-state index contributed by atoms with van der Waals surface area (Å²) in [4.78, 5) is 17.3.